The maximum Gasteiger partial charge on any atom is 0.261 e. The minimum absolute atomic E-state index is 0.158. The van der Waals surface area contributed by atoms with Crippen molar-refractivity contribution in [3.8, 4) is 6.07 Å². The van der Waals surface area contributed by atoms with Crippen LogP contribution in [0.25, 0.3) is 17.0 Å². The van der Waals surface area contributed by atoms with Gasteiger partial charge in [0.1, 0.15) is 11.6 Å². The minimum atomic E-state index is -0.296. The molecule has 0 radical (unpaired) electrons. The van der Waals surface area contributed by atoms with E-state index in [0.717, 1.165) is 54.5 Å². The van der Waals surface area contributed by atoms with Gasteiger partial charge in [0.25, 0.3) is 5.91 Å². The predicted molar refractivity (Wildman–Crippen MR) is 111 cm³/mol. The summed E-state index contributed by atoms with van der Waals surface area (Å²) in [6.07, 6.45) is 4.69. The molecule has 0 aliphatic carbocycles. The highest BCUT2D eigenvalue weighted by molar-refractivity contribution is 6.04. The van der Waals surface area contributed by atoms with E-state index in [1.807, 2.05) is 12.1 Å². The number of aryl methyl sites for hydroxylation is 1. The molecule has 0 fully saturated rings. The van der Waals surface area contributed by atoms with Gasteiger partial charge in [-0.3, -0.25) is 4.79 Å². The van der Waals surface area contributed by atoms with Crippen LogP contribution in [-0.4, -0.2) is 42.6 Å². The normalized spacial score (nSPS) is 11.8. The van der Waals surface area contributed by atoms with E-state index in [0.29, 0.717) is 6.54 Å². The monoisotopic (exact) mass is 366 g/mol. The molecule has 144 valence electrons. The predicted octanol–water partition coefficient (Wildman–Crippen LogP) is 3.72. The molecule has 0 saturated heterocycles. The van der Waals surface area contributed by atoms with Crippen LogP contribution in [0.3, 0.4) is 0 Å². The van der Waals surface area contributed by atoms with Crippen molar-refractivity contribution in [3.05, 3.63) is 41.1 Å². The van der Waals surface area contributed by atoms with Gasteiger partial charge in [0.2, 0.25) is 0 Å². The fourth-order valence-corrected chi connectivity index (χ4v) is 3.24. The number of rotatable bonds is 9. The van der Waals surface area contributed by atoms with Gasteiger partial charge in [0.15, 0.2) is 0 Å². The Bertz CT molecular complexity index is 855. The minimum Gasteiger partial charge on any atom is -0.351 e. The Morgan fingerprint density at radius 1 is 1.30 bits per heavy atom. The van der Waals surface area contributed by atoms with E-state index in [-0.39, 0.29) is 11.5 Å². The van der Waals surface area contributed by atoms with E-state index < -0.39 is 0 Å². The number of hydrogen-bond acceptors (Lipinski definition) is 3. The summed E-state index contributed by atoms with van der Waals surface area (Å²) in [6, 6.07) is 10.3. The lowest BCUT2D eigenvalue weighted by Crippen LogP contribution is -2.25. The standard InChI is InChI=1S/C22H30N4O/c1-5-6-12-24-22(27)18(16-23)15-20-17(2)26(14-9-13-25(3)4)21-11-8-7-10-19(20)21/h7-8,10-11,15H,5-6,9,12-14H2,1-4H3,(H,24,27)/b18-15+. The van der Waals surface area contributed by atoms with Crippen molar-refractivity contribution < 1.29 is 4.79 Å². The van der Waals surface area contributed by atoms with Crippen LogP contribution in [0.1, 0.15) is 37.4 Å². The smallest absolute Gasteiger partial charge is 0.261 e. The van der Waals surface area contributed by atoms with Crippen molar-refractivity contribution >= 4 is 22.9 Å². The first-order chi connectivity index (χ1) is 13.0. The van der Waals surface area contributed by atoms with E-state index in [9.17, 15) is 10.1 Å². The van der Waals surface area contributed by atoms with E-state index in [1.54, 1.807) is 6.08 Å². The number of carbonyl (C=O) groups is 1. The van der Waals surface area contributed by atoms with Gasteiger partial charge in [0, 0.05) is 35.2 Å². The van der Waals surface area contributed by atoms with Crippen LogP contribution < -0.4 is 5.32 Å². The topological polar surface area (TPSA) is 61.1 Å². The van der Waals surface area contributed by atoms with Crippen LogP contribution in [-0.2, 0) is 11.3 Å². The molecule has 0 saturated carbocycles. The number of nitriles is 1. The Balaban J connectivity index is 2.38. The van der Waals surface area contributed by atoms with Gasteiger partial charge >= 0.3 is 0 Å². The first-order valence-electron chi connectivity index (χ1n) is 9.62. The Labute approximate surface area is 162 Å². The maximum absolute atomic E-state index is 12.3. The van der Waals surface area contributed by atoms with Gasteiger partial charge in [-0.1, -0.05) is 31.5 Å². The molecule has 1 amide bonds. The van der Waals surface area contributed by atoms with Crippen molar-refractivity contribution in [3.63, 3.8) is 0 Å². The fourth-order valence-electron chi connectivity index (χ4n) is 3.24. The Morgan fingerprint density at radius 3 is 2.70 bits per heavy atom. The van der Waals surface area contributed by atoms with Crippen LogP contribution in [0.2, 0.25) is 0 Å². The summed E-state index contributed by atoms with van der Waals surface area (Å²) in [5, 5.41) is 13.4. The molecule has 1 aromatic carbocycles. The second-order valence-corrected chi connectivity index (χ2v) is 7.10. The molecule has 2 aromatic rings. The average molecular weight is 367 g/mol. The lowest BCUT2D eigenvalue weighted by Gasteiger charge is -2.12. The van der Waals surface area contributed by atoms with Gasteiger partial charge < -0.3 is 14.8 Å². The van der Waals surface area contributed by atoms with Gasteiger partial charge in [0.05, 0.1) is 0 Å². The number of nitrogens with one attached hydrogen (secondary N) is 1. The zero-order valence-corrected chi connectivity index (χ0v) is 16.9. The molecule has 0 aliphatic heterocycles. The molecule has 0 aliphatic rings. The first kappa shape index (κ1) is 20.7. The molecule has 0 bridgehead atoms. The number of carbonyl (C=O) groups excluding carboxylic acids is 1. The summed E-state index contributed by atoms with van der Waals surface area (Å²) in [6.45, 7) is 6.65. The van der Waals surface area contributed by atoms with Crippen LogP contribution in [0.4, 0.5) is 0 Å². The van der Waals surface area contributed by atoms with E-state index in [4.69, 9.17) is 0 Å². The van der Waals surface area contributed by atoms with Gasteiger partial charge in [-0.05, 0) is 52.5 Å². The summed E-state index contributed by atoms with van der Waals surface area (Å²) >= 11 is 0. The molecule has 1 aromatic heterocycles. The number of fused-ring (bicyclic) bond motifs is 1. The maximum atomic E-state index is 12.3. The third kappa shape index (κ3) is 5.21. The highest BCUT2D eigenvalue weighted by atomic mass is 16.1. The van der Waals surface area contributed by atoms with Crippen LogP contribution >= 0.6 is 0 Å². The molecular weight excluding hydrogens is 336 g/mol. The number of benzene rings is 1. The summed E-state index contributed by atoms with van der Waals surface area (Å²) in [4.78, 5) is 14.5. The van der Waals surface area contributed by atoms with Crippen molar-refractivity contribution in [1.29, 1.82) is 5.26 Å². The lowest BCUT2D eigenvalue weighted by atomic mass is 10.1. The van der Waals surface area contributed by atoms with Crippen LogP contribution in [0.15, 0.2) is 29.8 Å². The van der Waals surface area contributed by atoms with E-state index in [2.05, 4.69) is 60.9 Å². The molecule has 2 rings (SSSR count). The number of amides is 1. The second-order valence-electron chi connectivity index (χ2n) is 7.10. The summed E-state index contributed by atoms with van der Waals surface area (Å²) in [5.74, 6) is -0.296. The molecule has 0 unspecified atom stereocenters. The zero-order chi connectivity index (χ0) is 19.8. The molecule has 1 N–H and O–H groups in total. The Hall–Kier alpha value is -2.58. The Kier molecular flexibility index (Phi) is 7.63. The van der Waals surface area contributed by atoms with Gasteiger partial charge in [-0.15, -0.1) is 0 Å². The Morgan fingerprint density at radius 2 is 2.04 bits per heavy atom. The lowest BCUT2D eigenvalue weighted by molar-refractivity contribution is -0.117. The molecule has 0 spiro atoms. The first-order valence-corrected chi connectivity index (χ1v) is 9.62. The van der Waals surface area contributed by atoms with Crippen molar-refractivity contribution in [1.82, 2.24) is 14.8 Å². The SMILES string of the molecule is CCCCNC(=O)/C(C#N)=C/c1c(C)n(CCCN(C)C)c2ccccc12. The third-order valence-electron chi connectivity index (χ3n) is 4.74. The number of nitrogens with zero attached hydrogens (tertiary/aromatic N) is 3. The third-order valence-corrected chi connectivity index (χ3v) is 4.74. The van der Waals surface area contributed by atoms with Gasteiger partial charge in [-0.2, -0.15) is 5.26 Å². The highest BCUT2D eigenvalue weighted by Gasteiger charge is 2.15. The molecule has 5 heteroatoms. The molecular formula is C22H30N4O. The summed E-state index contributed by atoms with van der Waals surface area (Å²) in [7, 11) is 4.15. The number of hydrogen-bond donors (Lipinski definition) is 1. The highest BCUT2D eigenvalue weighted by Crippen LogP contribution is 2.28. The largest absolute Gasteiger partial charge is 0.351 e. The summed E-state index contributed by atoms with van der Waals surface area (Å²) in [5.41, 5.74) is 3.34. The average Bonchev–Trinajstić information content (AvgIpc) is 2.91. The molecule has 1 heterocycles. The van der Waals surface area contributed by atoms with Crippen molar-refractivity contribution in [2.45, 2.75) is 39.7 Å². The van der Waals surface area contributed by atoms with E-state index >= 15 is 0 Å². The van der Waals surface area contributed by atoms with Crippen LogP contribution in [0.5, 0.6) is 0 Å². The van der Waals surface area contributed by atoms with Gasteiger partial charge in [-0.25, -0.2) is 0 Å². The fraction of sp³-hybridized carbons (Fsp3) is 0.455. The molecule has 5 nitrogen and oxygen atoms in total. The number of unbranched alkanes of at least 4 members (excludes halogenated alkanes) is 1. The molecule has 0 atom stereocenters. The molecule has 27 heavy (non-hydrogen) atoms. The second kappa shape index (κ2) is 9.94. The number of aromatic nitrogens is 1. The van der Waals surface area contributed by atoms with Crippen LogP contribution in [0, 0.1) is 18.3 Å². The summed E-state index contributed by atoms with van der Waals surface area (Å²) < 4.78 is 2.29. The number of para-hydroxylation sites is 1. The van der Waals surface area contributed by atoms with Crippen molar-refractivity contribution in [2.24, 2.45) is 0 Å². The van der Waals surface area contributed by atoms with Crippen molar-refractivity contribution in [2.75, 3.05) is 27.2 Å². The van der Waals surface area contributed by atoms with E-state index in [1.165, 1.54) is 0 Å². The zero-order valence-electron chi connectivity index (χ0n) is 16.9. The quantitative estimate of drug-likeness (QED) is 0.418.